The standard InChI is InChI=1S/C22H28N2O3/c1-16(2)24-13-19(21(14-24)26-3)23-22(25)18-11-7-8-12-20(18)27-15-17-9-5-4-6-10-17/h4-12,16,19,21H,13-15H2,1-3H3,(H,23,25)/t19-,21-/m0/s1. The lowest BCUT2D eigenvalue weighted by Gasteiger charge is -2.20. The van der Waals surface area contributed by atoms with Crippen LogP contribution >= 0.6 is 0 Å². The Morgan fingerprint density at radius 3 is 2.52 bits per heavy atom. The highest BCUT2D eigenvalue weighted by Crippen LogP contribution is 2.21. The lowest BCUT2D eigenvalue weighted by Crippen LogP contribution is -2.43. The first-order valence-electron chi connectivity index (χ1n) is 9.42. The highest BCUT2D eigenvalue weighted by molar-refractivity contribution is 5.97. The number of benzene rings is 2. The fraction of sp³-hybridized carbons (Fsp3) is 0.409. The molecule has 27 heavy (non-hydrogen) atoms. The molecular weight excluding hydrogens is 340 g/mol. The molecule has 0 spiro atoms. The number of para-hydroxylation sites is 1. The van der Waals surface area contributed by atoms with Crippen molar-refractivity contribution in [3.63, 3.8) is 0 Å². The van der Waals surface area contributed by atoms with E-state index in [1.807, 2.05) is 48.5 Å². The van der Waals surface area contributed by atoms with Gasteiger partial charge in [-0.05, 0) is 31.5 Å². The predicted molar refractivity (Wildman–Crippen MR) is 106 cm³/mol. The zero-order chi connectivity index (χ0) is 19.2. The summed E-state index contributed by atoms with van der Waals surface area (Å²) in [4.78, 5) is 15.2. The van der Waals surface area contributed by atoms with E-state index in [0.29, 0.717) is 24.0 Å². The number of carbonyl (C=O) groups is 1. The first kappa shape index (κ1) is 19.4. The van der Waals surface area contributed by atoms with E-state index in [1.54, 1.807) is 13.2 Å². The normalized spacial score (nSPS) is 20.0. The van der Waals surface area contributed by atoms with Crippen molar-refractivity contribution in [2.45, 2.75) is 38.6 Å². The number of methoxy groups -OCH3 is 1. The van der Waals surface area contributed by atoms with E-state index in [4.69, 9.17) is 9.47 Å². The Hall–Kier alpha value is -2.37. The molecule has 144 valence electrons. The van der Waals surface area contributed by atoms with E-state index in [1.165, 1.54) is 0 Å². The second-order valence-electron chi connectivity index (χ2n) is 7.17. The van der Waals surface area contributed by atoms with Crippen molar-refractivity contribution in [3.05, 3.63) is 65.7 Å². The van der Waals surface area contributed by atoms with Gasteiger partial charge in [0.2, 0.25) is 0 Å². The van der Waals surface area contributed by atoms with Gasteiger partial charge in [-0.25, -0.2) is 0 Å². The van der Waals surface area contributed by atoms with Crippen molar-refractivity contribution in [3.8, 4) is 5.75 Å². The van der Waals surface area contributed by atoms with Gasteiger partial charge in [0.05, 0.1) is 17.7 Å². The highest BCUT2D eigenvalue weighted by Gasteiger charge is 2.35. The number of amides is 1. The molecule has 1 aliphatic heterocycles. The topological polar surface area (TPSA) is 50.8 Å². The van der Waals surface area contributed by atoms with Gasteiger partial charge >= 0.3 is 0 Å². The van der Waals surface area contributed by atoms with Crippen molar-refractivity contribution in [2.24, 2.45) is 0 Å². The molecule has 0 aliphatic carbocycles. The van der Waals surface area contributed by atoms with Crippen LogP contribution in [-0.2, 0) is 11.3 Å². The third kappa shape index (κ3) is 4.87. The molecule has 1 heterocycles. The van der Waals surface area contributed by atoms with Gasteiger partial charge in [-0.1, -0.05) is 42.5 Å². The summed E-state index contributed by atoms with van der Waals surface area (Å²) in [6.45, 7) is 6.35. The molecule has 5 heteroatoms. The van der Waals surface area contributed by atoms with Crippen LogP contribution in [0.2, 0.25) is 0 Å². The van der Waals surface area contributed by atoms with Gasteiger partial charge in [0.1, 0.15) is 12.4 Å². The Labute approximate surface area is 161 Å². The van der Waals surface area contributed by atoms with Gasteiger partial charge in [0.25, 0.3) is 5.91 Å². The van der Waals surface area contributed by atoms with Crippen LogP contribution in [0.15, 0.2) is 54.6 Å². The Morgan fingerprint density at radius 2 is 1.81 bits per heavy atom. The minimum Gasteiger partial charge on any atom is -0.488 e. The van der Waals surface area contributed by atoms with Crippen LogP contribution in [0.4, 0.5) is 0 Å². The van der Waals surface area contributed by atoms with Crippen LogP contribution < -0.4 is 10.1 Å². The first-order chi connectivity index (χ1) is 13.1. The summed E-state index contributed by atoms with van der Waals surface area (Å²) in [6.07, 6.45) is -0.00579. The molecule has 1 amide bonds. The van der Waals surface area contributed by atoms with Gasteiger partial charge in [-0.15, -0.1) is 0 Å². The monoisotopic (exact) mass is 368 g/mol. The largest absolute Gasteiger partial charge is 0.488 e. The molecule has 0 bridgehead atoms. The summed E-state index contributed by atoms with van der Waals surface area (Å²) in [6, 6.07) is 17.7. The van der Waals surface area contributed by atoms with E-state index in [2.05, 4.69) is 24.1 Å². The average molecular weight is 368 g/mol. The van der Waals surface area contributed by atoms with Crippen LogP contribution in [0.3, 0.4) is 0 Å². The summed E-state index contributed by atoms with van der Waals surface area (Å²) in [7, 11) is 1.70. The highest BCUT2D eigenvalue weighted by atomic mass is 16.5. The minimum atomic E-state index is -0.128. The number of hydrogen-bond donors (Lipinski definition) is 1. The van der Waals surface area contributed by atoms with Crippen molar-refractivity contribution >= 4 is 5.91 Å². The van der Waals surface area contributed by atoms with Gasteiger partial charge < -0.3 is 14.8 Å². The number of hydrogen-bond acceptors (Lipinski definition) is 4. The molecule has 1 aliphatic rings. The first-order valence-corrected chi connectivity index (χ1v) is 9.42. The SMILES string of the molecule is CO[C@H]1CN(C(C)C)C[C@@H]1NC(=O)c1ccccc1OCc1ccccc1. The van der Waals surface area contributed by atoms with Crippen LogP contribution in [0.5, 0.6) is 5.75 Å². The van der Waals surface area contributed by atoms with Crippen LogP contribution in [-0.4, -0.2) is 49.2 Å². The molecule has 5 nitrogen and oxygen atoms in total. The second-order valence-corrected chi connectivity index (χ2v) is 7.17. The second kappa shape index (κ2) is 9.02. The fourth-order valence-corrected chi connectivity index (χ4v) is 3.36. The zero-order valence-corrected chi connectivity index (χ0v) is 16.2. The number of nitrogens with one attached hydrogen (secondary N) is 1. The molecule has 0 unspecified atom stereocenters. The smallest absolute Gasteiger partial charge is 0.255 e. The molecule has 2 atom stereocenters. The Bertz CT molecular complexity index is 748. The van der Waals surface area contributed by atoms with E-state index in [-0.39, 0.29) is 18.1 Å². The molecule has 1 fully saturated rings. The summed E-state index contributed by atoms with van der Waals surface area (Å²) in [5, 5.41) is 3.13. The number of carbonyl (C=O) groups excluding carboxylic acids is 1. The molecule has 0 saturated carbocycles. The summed E-state index contributed by atoms with van der Waals surface area (Å²) < 4.78 is 11.5. The molecule has 0 radical (unpaired) electrons. The Morgan fingerprint density at radius 1 is 1.11 bits per heavy atom. The minimum absolute atomic E-state index is 0.00579. The molecule has 1 saturated heterocycles. The van der Waals surface area contributed by atoms with Gasteiger partial charge in [0.15, 0.2) is 0 Å². The maximum atomic E-state index is 12.9. The number of nitrogens with zero attached hydrogens (tertiary/aromatic N) is 1. The summed E-state index contributed by atoms with van der Waals surface area (Å²) >= 11 is 0. The molecule has 2 aromatic carbocycles. The van der Waals surface area contributed by atoms with E-state index >= 15 is 0 Å². The summed E-state index contributed by atoms with van der Waals surface area (Å²) in [5.74, 6) is 0.461. The van der Waals surface area contributed by atoms with Crippen LogP contribution in [0.1, 0.15) is 29.8 Å². The third-order valence-electron chi connectivity index (χ3n) is 5.01. The van der Waals surface area contributed by atoms with E-state index in [9.17, 15) is 4.79 Å². The number of likely N-dealkylation sites (tertiary alicyclic amines) is 1. The number of rotatable bonds is 7. The van der Waals surface area contributed by atoms with Gasteiger partial charge in [-0.2, -0.15) is 0 Å². The Balaban J connectivity index is 1.68. The van der Waals surface area contributed by atoms with E-state index in [0.717, 1.165) is 18.7 Å². The number of ether oxygens (including phenoxy) is 2. The van der Waals surface area contributed by atoms with Crippen molar-refractivity contribution < 1.29 is 14.3 Å². The van der Waals surface area contributed by atoms with Crippen LogP contribution in [0, 0.1) is 0 Å². The predicted octanol–water partition coefficient (Wildman–Crippen LogP) is 3.10. The van der Waals surface area contributed by atoms with Crippen molar-refractivity contribution in [2.75, 3.05) is 20.2 Å². The third-order valence-corrected chi connectivity index (χ3v) is 5.01. The zero-order valence-electron chi connectivity index (χ0n) is 16.2. The molecule has 1 N–H and O–H groups in total. The van der Waals surface area contributed by atoms with Gasteiger partial charge in [-0.3, -0.25) is 9.69 Å². The molecule has 2 aromatic rings. The van der Waals surface area contributed by atoms with Crippen molar-refractivity contribution in [1.29, 1.82) is 0 Å². The molecule has 0 aromatic heterocycles. The van der Waals surface area contributed by atoms with Crippen LogP contribution in [0.25, 0.3) is 0 Å². The van der Waals surface area contributed by atoms with E-state index < -0.39 is 0 Å². The van der Waals surface area contributed by atoms with Gasteiger partial charge in [0, 0.05) is 26.2 Å². The Kier molecular flexibility index (Phi) is 6.48. The lowest BCUT2D eigenvalue weighted by molar-refractivity contribution is 0.0750. The fourth-order valence-electron chi connectivity index (χ4n) is 3.36. The maximum absolute atomic E-state index is 12.9. The summed E-state index contributed by atoms with van der Waals surface area (Å²) in [5.41, 5.74) is 1.61. The van der Waals surface area contributed by atoms with Crippen molar-refractivity contribution in [1.82, 2.24) is 10.2 Å². The quantitative estimate of drug-likeness (QED) is 0.816. The average Bonchev–Trinajstić information content (AvgIpc) is 3.10. The molecular formula is C22H28N2O3. The molecule has 3 rings (SSSR count). The maximum Gasteiger partial charge on any atom is 0.255 e. The lowest BCUT2D eigenvalue weighted by atomic mass is 10.1.